The van der Waals surface area contributed by atoms with Gasteiger partial charge in [-0.25, -0.2) is 4.39 Å². The molecule has 4 rings (SSSR count). The summed E-state index contributed by atoms with van der Waals surface area (Å²) in [5, 5.41) is 11.2. The molecule has 0 radical (unpaired) electrons. The van der Waals surface area contributed by atoms with Crippen LogP contribution in [0.5, 0.6) is 11.5 Å². The van der Waals surface area contributed by atoms with E-state index in [0.717, 1.165) is 0 Å². The standard InChI is InChI=1S/C26H22FNO5/c1-3-33-21-6-4-5-17(15-21)24(29)22-23(16-7-13-20(32-2)14-8-16)28(26(31)25(22)30)19-11-9-18(27)10-12-19/h4-15,23,29H,3H2,1-2H3/b24-22-. The lowest BCUT2D eigenvalue weighted by atomic mass is 9.95. The first kappa shape index (κ1) is 22.1. The molecule has 1 aliphatic heterocycles. The average Bonchev–Trinajstić information content (AvgIpc) is 3.10. The Morgan fingerprint density at radius 3 is 2.33 bits per heavy atom. The normalized spacial score (nSPS) is 17.3. The minimum atomic E-state index is -0.919. The molecule has 7 heteroatoms. The number of carbonyl (C=O) groups excluding carboxylic acids is 2. The Bertz CT molecular complexity index is 1220. The van der Waals surface area contributed by atoms with Crippen LogP contribution < -0.4 is 14.4 Å². The van der Waals surface area contributed by atoms with E-state index in [0.29, 0.717) is 34.9 Å². The predicted octanol–water partition coefficient (Wildman–Crippen LogP) is 4.86. The van der Waals surface area contributed by atoms with E-state index in [2.05, 4.69) is 0 Å². The highest BCUT2D eigenvalue weighted by Gasteiger charge is 2.47. The van der Waals surface area contributed by atoms with Gasteiger partial charge in [-0.15, -0.1) is 0 Å². The summed E-state index contributed by atoms with van der Waals surface area (Å²) in [5.74, 6) is -1.31. The average molecular weight is 447 g/mol. The van der Waals surface area contributed by atoms with Crippen LogP contribution in [0.25, 0.3) is 5.76 Å². The fraction of sp³-hybridized carbons (Fsp3) is 0.154. The minimum Gasteiger partial charge on any atom is -0.507 e. The second-order valence-corrected chi connectivity index (χ2v) is 7.38. The smallest absolute Gasteiger partial charge is 0.300 e. The molecule has 1 N–H and O–H groups in total. The maximum Gasteiger partial charge on any atom is 0.300 e. The van der Waals surface area contributed by atoms with Gasteiger partial charge in [-0.2, -0.15) is 0 Å². The topological polar surface area (TPSA) is 76.1 Å². The van der Waals surface area contributed by atoms with Crippen LogP contribution in [0.15, 0.2) is 78.4 Å². The molecule has 3 aromatic rings. The molecule has 0 aliphatic carbocycles. The number of rotatable bonds is 6. The Morgan fingerprint density at radius 1 is 1.00 bits per heavy atom. The Kier molecular flexibility index (Phi) is 6.13. The second-order valence-electron chi connectivity index (χ2n) is 7.38. The summed E-state index contributed by atoms with van der Waals surface area (Å²) >= 11 is 0. The summed E-state index contributed by atoms with van der Waals surface area (Å²) in [6, 6.07) is 17.9. The van der Waals surface area contributed by atoms with Crippen molar-refractivity contribution in [2.24, 2.45) is 0 Å². The fourth-order valence-electron chi connectivity index (χ4n) is 3.86. The van der Waals surface area contributed by atoms with Gasteiger partial charge in [0.05, 0.1) is 25.3 Å². The quantitative estimate of drug-likeness (QED) is 0.332. The van der Waals surface area contributed by atoms with Gasteiger partial charge < -0.3 is 14.6 Å². The van der Waals surface area contributed by atoms with Crippen LogP contribution in [0, 0.1) is 5.82 Å². The van der Waals surface area contributed by atoms with Crippen LogP contribution in [0.4, 0.5) is 10.1 Å². The van der Waals surface area contributed by atoms with Crippen molar-refractivity contribution in [1.29, 1.82) is 0 Å². The molecule has 1 fully saturated rings. The molecule has 1 amide bonds. The van der Waals surface area contributed by atoms with Crippen molar-refractivity contribution in [3.05, 3.63) is 95.3 Å². The van der Waals surface area contributed by atoms with Crippen molar-refractivity contribution in [2.75, 3.05) is 18.6 Å². The van der Waals surface area contributed by atoms with Gasteiger partial charge in [0.25, 0.3) is 11.7 Å². The van der Waals surface area contributed by atoms with Crippen molar-refractivity contribution < 1.29 is 28.6 Å². The lowest BCUT2D eigenvalue weighted by Gasteiger charge is -2.25. The number of aliphatic hydroxyl groups is 1. The van der Waals surface area contributed by atoms with Gasteiger partial charge in [0.2, 0.25) is 0 Å². The number of aliphatic hydroxyl groups excluding tert-OH is 1. The SMILES string of the molecule is CCOc1cccc(/C(O)=C2/C(=O)C(=O)N(c3ccc(F)cc3)C2c2ccc(OC)cc2)c1. The monoisotopic (exact) mass is 447 g/mol. The van der Waals surface area contributed by atoms with Gasteiger partial charge in [-0.1, -0.05) is 24.3 Å². The molecule has 1 atom stereocenters. The molecule has 0 spiro atoms. The number of benzene rings is 3. The zero-order chi connectivity index (χ0) is 23.5. The van der Waals surface area contributed by atoms with E-state index in [1.807, 2.05) is 6.92 Å². The number of nitrogens with zero attached hydrogens (tertiary/aromatic N) is 1. The molecule has 0 saturated carbocycles. The highest BCUT2D eigenvalue weighted by Crippen LogP contribution is 2.42. The predicted molar refractivity (Wildman–Crippen MR) is 122 cm³/mol. The van der Waals surface area contributed by atoms with Crippen LogP contribution in [-0.2, 0) is 9.59 Å². The third-order valence-electron chi connectivity index (χ3n) is 5.40. The van der Waals surface area contributed by atoms with Crippen LogP contribution in [0.2, 0.25) is 0 Å². The number of ether oxygens (including phenoxy) is 2. The first-order valence-electron chi connectivity index (χ1n) is 10.4. The molecule has 168 valence electrons. The van der Waals surface area contributed by atoms with Crippen molar-refractivity contribution in [1.82, 2.24) is 0 Å². The summed E-state index contributed by atoms with van der Waals surface area (Å²) in [5.41, 5.74) is 1.20. The van der Waals surface area contributed by atoms with Gasteiger partial charge in [0.15, 0.2) is 0 Å². The molecule has 1 heterocycles. The fourth-order valence-corrected chi connectivity index (χ4v) is 3.86. The lowest BCUT2D eigenvalue weighted by Crippen LogP contribution is -2.29. The molecular formula is C26H22FNO5. The number of anilines is 1. The number of carbonyl (C=O) groups is 2. The van der Waals surface area contributed by atoms with Crippen molar-refractivity contribution in [3.63, 3.8) is 0 Å². The molecule has 0 aromatic heterocycles. The number of methoxy groups -OCH3 is 1. The van der Waals surface area contributed by atoms with E-state index < -0.39 is 23.5 Å². The highest BCUT2D eigenvalue weighted by atomic mass is 19.1. The van der Waals surface area contributed by atoms with Gasteiger partial charge in [-0.05, 0) is 61.0 Å². The van der Waals surface area contributed by atoms with Crippen LogP contribution in [0.3, 0.4) is 0 Å². The largest absolute Gasteiger partial charge is 0.507 e. The molecule has 3 aromatic carbocycles. The van der Waals surface area contributed by atoms with Gasteiger partial charge in [-0.3, -0.25) is 14.5 Å². The number of hydrogen-bond donors (Lipinski definition) is 1. The Balaban J connectivity index is 1.90. The summed E-state index contributed by atoms with van der Waals surface area (Å²) in [6.45, 7) is 2.27. The van der Waals surface area contributed by atoms with E-state index >= 15 is 0 Å². The highest BCUT2D eigenvalue weighted by molar-refractivity contribution is 6.51. The summed E-state index contributed by atoms with van der Waals surface area (Å²) < 4.78 is 24.2. The Labute approximate surface area is 190 Å². The third-order valence-corrected chi connectivity index (χ3v) is 5.40. The van der Waals surface area contributed by atoms with E-state index in [1.165, 1.54) is 36.3 Å². The maximum absolute atomic E-state index is 13.5. The molecule has 33 heavy (non-hydrogen) atoms. The number of Topliss-reactive ketones (excluding diaryl/α,β-unsaturated/α-hetero) is 1. The lowest BCUT2D eigenvalue weighted by molar-refractivity contribution is -0.132. The molecule has 6 nitrogen and oxygen atoms in total. The molecule has 1 unspecified atom stereocenters. The number of amides is 1. The first-order valence-corrected chi connectivity index (χ1v) is 10.4. The van der Waals surface area contributed by atoms with Gasteiger partial charge in [0, 0.05) is 11.3 Å². The zero-order valence-electron chi connectivity index (χ0n) is 18.1. The summed E-state index contributed by atoms with van der Waals surface area (Å²) in [7, 11) is 1.53. The Morgan fingerprint density at radius 2 is 1.70 bits per heavy atom. The first-order chi connectivity index (χ1) is 15.9. The van der Waals surface area contributed by atoms with E-state index in [-0.39, 0.29) is 11.3 Å². The third kappa shape index (κ3) is 4.17. The van der Waals surface area contributed by atoms with E-state index in [1.54, 1.807) is 48.5 Å². The Hall–Kier alpha value is -4.13. The zero-order valence-corrected chi connectivity index (χ0v) is 18.1. The number of ketones is 1. The van der Waals surface area contributed by atoms with Crippen LogP contribution in [0.1, 0.15) is 24.1 Å². The molecule has 1 aliphatic rings. The van der Waals surface area contributed by atoms with Crippen molar-refractivity contribution in [3.8, 4) is 11.5 Å². The van der Waals surface area contributed by atoms with E-state index in [9.17, 15) is 19.1 Å². The van der Waals surface area contributed by atoms with Gasteiger partial charge >= 0.3 is 0 Å². The van der Waals surface area contributed by atoms with Crippen molar-refractivity contribution >= 4 is 23.1 Å². The van der Waals surface area contributed by atoms with Crippen LogP contribution >= 0.6 is 0 Å². The second kappa shape index (κ2) is 9.16. The molecule has 1 saturated heterocycles. The minimum absolute atomic E-state index is 0.0665. The van der Waals surface area contributed by atoms with E-state index in [4.69, 9.17) is 9.47 Å². The van der Waals surface area contributed by atoms with Crippen LogP contribution in [-0.4, -0.2) is 30.5 Å². The molecule has 0 bridgehead atoms. The van der Waals surface area contributed by atoms with Crippen molar-refractivity contribution in [2.45, 2.75) is 13.0 Å². The summed E-state index contributed by atoms with van der Waals surface area (Å²) in [6.07, 6.45) is 0. The maximum atomic E-state index is 13.5. The number of halogens is 1. The van der Waals surface area contributed by atoms with Gasteiger partial charge in [0.1, 0.15) is 23.1 Å². The summed E-state index contributed by atoms with van der Waals surface area (Å²) in [4.78, 5) is 27.5. The number of hydrogen-bond acceptors (Lipinski definition) is 5. The molecular weight excluding hydrogens is 425 g/mol.